The van der Waals surface area contributed by atoms with Crippen molar-refractivity contribution in [3.05, 3.63) is 0 Å². The lowest BCUT2D eigenvalue weighted by Gasteiger charge is -2.30. The Morgan fingerprint density at radius 3 is 2.12 bits per heavy atom. The van der Waals surface area contributed by atoms with Gasteiger partial charge in [0.25, 0.3) is 0 Å². The SMILES string of the molecule is CS(=O)(=O)NC1CCN(S(=O)(=O)CBr)CC1. The highest BCUT2D eigenvalue weighted by Gasteiger charge is 2.28. The zero-order chi connectivity index (χ0) is 12.4. The van der Waals surface area contributed by atoms with Crippen LogP contribution in [-0.2, 0) is 20.0 Å². The van der Waals surface area contributed by atoms with Gasteiger partial charge in [0.15, 0.2) is 0 Å². The molecule has 16 heavy (non-hydrogen) atoms. The molecule has 0 aromatic rings. The Morgan fingerprint density at radius 1 is 1.25 bits per heavy atom. The molecule has 0 aromatic heterocycles. The van der Waals surface area contributed by atoms with Gasteiger partial charge in [0, 0.05) is 19.1 Å². The van der Waals surface area contributed by atoms with E-state index in [1.54, 1.807) is 0 Å². The van der Waals surface area contributed by atoms with E-state index in [4.69, 9.17) is 0 Å². The van der Waals surface area contributed by atoms with Gasteiger partial charge < -0.3 is 0 Å². The average Bonchev–Trinajstić information content (AvgIpc) is 2.16. The molecule has 0 unspecified atom stereocenters. The van der Waals surface area contributed by atoms with Crippen LogP contribution in [0, 0.1) is 0 Å². The van der Waals surface area contributed by atoms with Crippen molar-refractivity contribution in [3.63, 3.8) is 0 Å². The first-order valence-corrected chi connectivity index (χ1v) is 9.38. The molecule has 9 heteroatoms. The van der Waals surface area contributed by atoms with Crippen LogP contribution in [0.5, 0.6) is 0 Å². The van der Waals surface area contributed by atoms with Crippen molar-refractivity contribution in [1.82, 2.24) is 9.03 Å². The van der Waals surface area contributed by atoms with Crippen LogP contribution in [0.3, 0.4) is 0 Å². The minimum atomic E-state index is -3.22. The predicted molar refractivity (Wildman–Crippen MR) is 65.3 cm³/mol. The molecular formula is C7H15BrN2O4S2. The van der Waals surface area contributed by atoms with Gasteiger partial charge in [0.05, 0.1) is 6.26 Å². The number of hydrogen-bond donors (Lipinski definition) is 1. The molecule has 0 aromatic carbocycles. The van der Waals surface area contributed by atoms with Crippen molar-refractivity contribution >= 4 is 36.0 Å². The zero-order valence-corrected chi connectivity index (χ0v) is 12.1. The molecule has 0 radical (unpaired) electrons. The van der Waals surface area contributed by atoms with Crippen LogP contribution in [0.25, 0.3) is 0 Å². The molecule has 1 heterocycles. The second kappa shape index (κ2) is 5.30. The highest BCUT2D eigenvalue weighted by Crippen LogP contribution is 2.15. The molecule has 0 bridgehead atoms. The Kier molecular flexibility index (Phi) is 4.76. The minimum absolute atomic E-state index is 0.0931. The quantitative estimate of drug-likeness (QED) is 0.714. The highest BCUT2D eigenvalue weighted by atomic mass is 79.9. The van der Waals surface area contributed by atoms with Crippen molar-refractivity contribution in [2.75, 3.05) is 24.0 Å². The molecule has 0 saturated carbocycles. The Hall–Kier alpha value is 0.300. The lowest BCUT2D eigenvalue weighted by atomic mass is 10.1. The maximum absolute atomic E-state index is 11.5. The van der Waals surface area contributed by atoms with Gasteiger partial charge in [-0.05, 0) is 12.8 Å². The van der Waals surface area contributed by atoms with Crippen molar-refractivity contribution in [3.8, 4) is 0 Å². The second-order valence-electron chi connectivity index (χ2n) is 3.78. The van der Waals surface area contributed by atoms with Crippen molar-refractivity contribution in [2.24, 2.45) is 0 Å². The fourth-order valence-electron chi connectivity index (χ4n) is 1.62. The van der Waals surface area contributed by atoms with Gasteiger partial charge in [0.1, 0.15) is 4.66 Å². The van der Waals surface area contributed by atoms with Crippen LogP contribution in [0.4, 0.5) is 0 Å². The molecule has 1 N–H and O–H groups in total. The summed E-state index contributed by atoms with van der Waals surface area (Å²) < 4.78 is 48.7. The van der Waals surface area contributed by atoms with E-state index in [9.17, 15) is 16.8 Å². The Balaban J connectivity index is 2.52. The Labute approximate surface area is 105 Å². The fraction of sp³-hybridized carbons (Fsp3) is 1.00. The van der Waals surface area contributed by atoms with Crippen LogP contribution in [-0.4, -0.2) is 51.2 Å². The number of piperidine rings is 1. The van der Waals surface area contributed by atoms with E-state index < -0.39 is 20.0 Å². The normalized spacial score (nSPS) is 21.1. The smallest absolute Gasteiger partial charge is 0.213 e. The van der Waals surface area contributed by atoms with Crippen LogP contribution >= 0.6 is 15.9 Å². The third kappa shape index (κ3) is 4.28. The highest BCUT2D eigenvalue weighted by molar-refractivity contribution is 9.10. The molecule has 0 atom stereocenters. The summed E-state index contributed by atoms with van der Waals surface area (Å²) in [7, 11) is -6.43. The largest absolute Gasteiger partial charge is 0.224 e. The summed E-state index contributed by atoms with van der Waals surface area (Å²) in [6.45, 7) is 0.724. The van der Waals surface area contributed by atoms with Gasteiger partial charge >= 0.3 is 0 Å². The average molecular weight is 335 g/mol. The standard InChI is InChI=1S/C7H15BrN2O4S2/c1-15(11,12)9-7-2-4-10(5-3-7)16(13,14)6-8/h7,9H,2-6H2,1H3. The molecule has 1 aliphatic rings. The minimum Gasteiger partial charge on any atom is -0.213 e. The topological polar surface area (TPSA) is 83.6 Å². The van der Waals surface area contributed by atoms with Gasteiger partial charge in [0.2, 0.25) is 20.0 Å². The van der Waals surface area contributed by atoms with Gasteiger partial charge in [-0.3, -0.25) is 0 Å². The summed E-state index contributed by atoms with van der Waals surface area (Å²) >= 11 is 2.93. The number of alkyl halides is 1. The monoisotopic (exact) mass is 334 g/mol. The van der Waals surface area contributed by atoms with E-state index in [1.165, 1.54) is 4.31 Å². The zero-order valence-electron chi connectivity index (χ0n) is 8.89. The lowest BCUT2D eigenvalue weighted by molar-refractivity contribution is 0.310. The van der Waals surface area contributed by atoms with E-state index >= 15 is 0 Å². The van der Waals surface area contributed by atoms with Gasteiger partial charge in [-0.15, -0.1) is 0 Å². The van der Waals surface area contributed by atoms with Gasteiger partial charge in [-0.1, -0.05) is 15.9 Å². The van der Waals surface area contributed by atoms with E-state index in [2.05, 4.69) is 20.7 Å². The van der Waals surface area contributed by atoms with Crippen LogP contribution < -0.4 is 4.72 Å². The lowest BCUT2D eigenvalue weighted by Crippen LogP contribution is -2.46. The molecule has 6 nitrogen and oxygen atoms in total. The first kappa shape index (κ1) is 14.4. The predicted octanol–water partition coefficient (Wildman–Crippen LogP) is -0.318. The maximum Gasteiger partial charge on any atom is 0.224 e. The summed E-state index contributed by atoms with van der Waals surface area (Å²) in [5.74, 6) is 0. The van der Waals surface area contributed by atoms with Gasteiger partial charge in [-0.25, -0.2) is 25.9 Å². The van der Waals surface area contributed by atoms with E-state index in [0.717, 1.165) is 6.26 Å². The Morgan fingerprint density at radius 2 is 1.75 bits per heavy atom. The molecule has 0 aliphatic carbocycles. The summed E-state index contributed by atoms with van der Waals surface area (Å²) in [4.78, 5) is 0. The molecule has 0 spiro atoms. The fourth-order valence-corrected chi connectivity index (χ4v) is 4.24. The van der Waals surface area contributed by atoms with E-state index in [-0.39, 0.29) is 10.7 Å². The van der Waals surface area contributed by atoms with E-state index in [0.29, 0.717) is 25.9 Å². The third-order valence-corrected chi connectivity index (χ3v) is 6.29. The van der Waals surface area contributed by atoms with Crippen LogP contribution in [0.2, 0.25) is 0 Å². The summed E-state index contributed by atoms with van der Waals surface area (Å²) in [6, 6.07) is -0.156. The van der Waals surface area contributed by atoms with Crippen molar-refractivity contribution in [2.45, 2.75) is 18.9 Å². The molecule has 1 aliphatic heterocycles. The van der Waals surface area contributed by atoms with Crippen LogP contribution in [0.15, 0.2) is 0 Å². The first-order chi connectivity index (χ1) is 7.24. The maximum atomic E-state index is 11.5. The first-order valence-electron chi connectivity index (χ1n) is 4.76. The van der Waals surface area contributed by atoms with Crippen molar-refractivity contribution in [1.29, 1.82) is 0 Å². The number of sulfonamides is 2. The van der Waals surface area contributed by atoms with Crippen molar-refractivity contribution < 1.29 is 16.8 Å². The summed E-state index contributed by atoms with van der Waals surface area (Å²) in [6.07, 6.45) is 2.13. The number of nitrogens with zero attached hydrogens (tertiary/aromatic N) is 1. The van der Waals surface area contributed by atoms with Crippen LogP contribution in [0.1, 0.15) is 12.8 Å². The summed E-state index contributed by atoms with van der Waals surface area (Å²) in [5.41, 5.74) is 0. The molecular weight excluding hydrogens is 320 g/mol. The third-order valence-electron chi connectivity index (χ3n) is 2.37. The molecule has 96 valence electrons. The molecule has 1 fully saturated rings. The number of halogens is 1. The molecule has 1 rings (SSSR count). The Bertz CT molecular complexity index is 425. The van der Waals surface area contributed by atoms with E-state index in [1.807, 2.05) is 0 Å². The summed E-state index contributed by atoms with van der Waals surface area (Å²) in [5, 5.41) is 0. The molecule has 1 saturated heterocycles. The number of rotatable bonds is 4. The number of hydrogen-bond acceptors (Lipinski definition) is 4. The second-order valence-corrected chi connectivity index (χ2v) is 8.84. The molecule has 0 amide bonds. The van der Waals surface area contributed by atoms with Gasteiger partial charge in [-0.2, -0.15) is 0 Å². The number of nitrogens with one attached hydrogen (secondary N) is 1.